The van der Waals surface area contributed by atoms with Gasteiger partial charge in [0.15, 0.2) is 0 Å². The van der Waals surface area contributed by atoms with Crippen molar-refractivity contribution in [1.29, 1.82) is 0 Å². The normalized spacial score (nSPS) is 13.2. The van der Waals surface area contributed by atoms with Gasteiger partial charge in [0.1, 0.15) is 0 Å². The second kappa shape index (κ2) is 4.87. The van der Waals surface area contributed by atoms with Crippen molar-refractivity contribution < 1.29 is 0 Å². The molecule has 0 spiro atoms. The number of halogens is 1. The number of unbranched alkanes of at least 4 members (excludes halogenated alkanes) is 1. The van der Waals surface area contributed by atoms with Crippen LogP contribution < -0.4 is 0 Å². The summed E-state index contributed by atoms with van der Waals surface area (Å²) < 4.78 is 0. The summed E-state index contributed by atoms with van der Waals surface area (Å²) in [6.07, 6.45) is 3.53. The van der Waals surface area contributed by atoms with E-state index in [4.69, 9.17) is 11.6 Å². The maximum absolute atomic E-state index is 5.76. The Labute approximate surface area is 62.9 Å². The summed E-state index contributed by atoms with van der Waals surface area (Å²) in [4.78, 5) is 0. The van der Waals surface area contributed by atoms with E-state index < -0.39 is 0 Å². The molecule has 0 bridgehead atoms. The van der Waals surface area contributed by atoms with E-state index in [-0.39, 0.29) is 5.38 Å². The van der Waals surface area contributed by atoms with Crippen LogP contribution in [0, 0.1) is 0 Å². The smallest absolute Gasteiger partial charge is 0.0514 e. The second-order valence-electron chi connectivity index (χ2n) is 2.38. The Morgan fingerprint density at radius 2 is 2.22 bits per heavy atom. The molecule has 0 aliphatic carbocycles. The third-order valence-electron chi connectivity index (χ3n) is 1.41. The first-order valence-electron chi connectivity index (χ1n) is 3.50. The Morgan fingerprint density at radius 3 is 2.56 bits per heavy atom. The van der Waals surface area contributed by atoms with Crippen LogP contribution in [0.4, 0.5) is 0 Å². The molecule has 0 aromatic rings. The SMILES string of the molecule is C=C(CCCC)C(C)Cl. The summed E-state index contributed by atoms with van der Waals surface area (Å²) in [5.74, 6) is 0. The molecule has 0 rings (SSSR count). The number of hydrogen-bond donors (Lipinski definition) is 0. The lowest BCUT2D eigenvalue weighted by Crippen LogP contribution is -1.94. The molecule has 0 saturated heterocycles. The predicted molar refractivity (Wildman–Crippen MR) is 44.0 cm³/mol. The molecule has 0 aromatic heterocycles. The molecule has 0 fully saturated rings. The van der Waals surface area contributed by atoms with Gasteiger partial charge in [-0.3, -0.25) is 0 Å². The zero-order valence-electron chi connectivity index (χ0n) is 6.28. The molecule has 0 amide bonds. The molecule has 0 aliphatic heterocycles. The standard InChI is InChI=1S/C8H15Cl/c1-4-5-6-7(2)8(3)9/h8H,2,4-6H2,1,3H3. The first-order valence-corrected chi connectivity index (χ1v) is 3.93. The van der Waals surface area contributed by atoms with Gasteiger partial charge < -0.3 is 0 Å². The summed E-state index contributed by atoms with van der Waals surface area (Å²) in [6.45, 7) is 8.00. The average molecular weight is 147 g/mol. The largest absolute Gasteiger partial charge is 0.119 e. The summed E-state index contributed by atoms with van der Waals surface area (Å²) >= 11 is 5.76. The van der Waals surface area contributed by atoms with Crippen LogP contribution in [-0.2, 0) is 0 Å². The van der Waals surface area contributed by atoms with E-state index in [0.29, 0.717) is 0 Å². The zero-order valence-corrected chi connectivity index (χ0v) is 7.04. The Bertz CT molecular complexity index is 84.6. The summed E-state index contributed by atoms with van der Waals surface area (Å²) in [5, 5.41) is 0.150. The van der Waals surface area contributed by atoms with Gasteiger partial charge in [0.25, 0.3) is 0 Å². The molecular weight excluding hydrogens is 132 g/mol. The highest BCUT2D eigenvalue weighted by Gasteiger charge is 1.99. The molecule has 9 heavy (non-hydrogen) atoms. The lowest BCUT2D eigenvalue weighted by Gasteiger charge is -2.04. The van der Waals surface area contributed by atoms with Crippen LogP contribution in [0.3, 0.4) is 0 Å². The van der Waals surface area contributed by atoms with E-state index in [1.807, 2.05) is 6.92 Å². The van der Waals surface area contributed by atoms with Crippen molar-refractivity contribution in [2.75, 3.05) is 0 Å². The third kappa shape index (κ3) is 4.53. The Morgan fingerprint density at radius 1 is 1.67 bits per heavy atom. The van der Waals surface area contributed by atoms with Gasteiger partial charge in [0.2, 0.25) is 0 Å². The van der Waals surface area contributed by atoms with Gasteiger partial charge in [-0.05, 0) is 19.8 Å². The first-order chi connectivity index (χ1) is 4.18. The highest BCUT2D eigenvalue weighted by molar-refractivity contribution is 6.22. The highest BCUT2D eigenvalue weighted by Crippen LogP contribution is 2.13. The Kier molecular flexibility index (Phi) is 4.88. The van der Waals surface area contributed by atoms with Gasteiger partial charge >= 0.3 is 0 Å². The summed E-state index contributed by atoms with van der Waals surface area (Å²) in [5.41, 5.74) is 1.17. The van der Waals surface area contributed by atoms with E-state index in [9.17, 15) is 0 Å². The Hall–Kier alpha value is 0.0300. The van der Waals surface area contributed by atoms with E-state index >= 15 is 0 Å². The topological polar surface area (TPSA) is 0 Å². The number of rotatable bonds is 4. The summed E-state index contributed by atoms with van der Waals surface area (Å²) in [6, 6.07) is 0. The second-order valence-corrected chi connectivity index (χ2v) is 3.03. The molecule has 54 valence electrons. The number of alkyl halides is 1. The molecule has 0 aliphatic rings. The highest BCUT2D eigenvalue weighted by atomic mass is 35.5. The van der Waals surface area contributed by atoms with Gasteiger partial charge in [-0.25, -0.2) is 0 Å². The predicted octanol–water partition coefficient (Wildman–Crippen LogP) is 3.36. The lowest BCUT2D eigenvalue weighted by molar-refractivity contribution is 0.771. The molecule has 0 heterocycles. The number of allylic oxidation sites excluding steroid dienone is 1. The molecule has 0 saturated carbocycles. The van der Waals surface area contributed by atoms with Crippen molar-refractivity contribution in [3.63, 3.8) is 0 Å². The minimum absolute atomic E-state index is 0.150. The monoisotopic (exact) mass is 146 g/mol. The third-order valence-corrected chi connectivity index (χ3v) is 1.72. The Balaban J connectivity index is 3.28. The quantitative estimate of drug-likeness (QED) is 0.422. The maximum atomic E-state index is 5.76. The molecular formula is C8H15Cl. The van der Waals surface area contributed by atoms with Crippen LogP contribution in [0.5, 0.6) is 0 Å². The van der Waals surface area contributed by atoms with E-state index in [1.54, 1.807) is 0 Å². The van der Waals surface area contributed by atoms with Crippen LogP contribution in [0.25, 0.3) is 0 Å². The van der Waals surface area contributed by atoms with E-state index in [0.717, 1.165) is 6.42 Å². The van der Waals surface area contributed by atoms with Crippen molar-refractivity contribution in [1.82, 2.24) is 0 Å². The van der Waals surface area contributed by atoms with Crippen molar-refractivity contribution in [2.45, 2.75) is 38.5 Å². The van der Waals surface area contributed by atoms with Crippen LogP contribution in [0.1, 0.15) is 33.1 Å². The minimum atomic E-state index is 0.150. The van der Waals surface area contributed by atoms with E-state index in [1.165, 1.54) is 18.4 Å². The molecule has 0 aromatic carbocycles. The average Bonchev–Trinajstić information content (AvgIpc) is 1.82. The minimum Gasteiger partial charge on any atom is -0.119 e. The molecule has 1 heteroatoms. The fourth-order valence-electron chi connectivity index (χ4n) is 0.603. The van der Waals surface area contributed by atoms with Crippen LogP contribution in [-0.4, -0.2) is 5.38 Å². The van der Waals surface area contributed by atoms with Crippen molar-refractivity contribution >= 4 is 11.6 Å². The van der Waals surface area contributed by atoms with E-state index in [2.05, 4.69) is 13.5 Å². The van der Waals surface area contributed by atoms with Crippen molar-refractivity contribution in [3.05, 3.63) is 12.2 Å². The van der Waals surface area contributed by atoms with Gasteiger partial charge in [0.05, 0.1) is 5.38 Å². The molecule has 1 unspecified atom stereocenters. The zero-order chi connectivity index (χ0) is 7.28. The van der Waals surface area contributed by atoms with Gasteiger partial charge in [-0.2, -0.15) is 0 Å². The number of hydrogen-bond acceptors (Lipinski definition) is 0. The van der Waals surface area contributed by atoms with Gasteiger partial charge in [-0.1, -0.05) is 25.5 Å². The van der Waals surface area contributed by atoms with Gasteiger partial charge in [0, 0.05) is 0 Å². The van der Waals surface area contributed by atoms with Crippen molar-refractivity contribution in [3.8, 4) is 0 Å². The first kappa shape index (κ1) is 9.03. The molecule has 0 nitrogen and oxygen atoms in total. The lowest BCUT2D eigenvalue weighted by atomic mass is 10.1. The fourth-order valence-corrected chi connectivity index (χ4v) is 0.712. The van der Waals surface area contributed by atoms with Gasteiger partial charge in [-0.15, -0.1) is 11.6 Å². The summed E-state index contributed by atoms with van der Waals surface area (Å²) in [7, 11) is 0. The molecule has 0 N–H and O–H groups in total. The van der Waals surface area contributed by atoms with Crippen molar-refractivity contribution in [2.24, 2.45) is 0 Å². The fraction of sp³-hybridized carbons (Fsp3) is 0.750. The molecule has 1 atom stereocenters. The van der Waals surface area contributed by atoms with Crippen LogP contribution >= 0.6 is 11.6 Å². The maximum Gasteiger partial charge on any atom is 0.0514 e. The van der Waals surface area contributed by atoms with Crippen LogP contribution in [0.15, 0.2) is 12.2 Å². The van der Waals surface area contributed by atoms with Crippen LogP contribution in [0.2, 0.25) is 0 Å². The molecule has 0 radical (unpaired) electrons.